The van der Waals surface area contributed by atoms with Crippen molar-refractivity contribution in [2.24, 2.45) is 10.9 Å². The molecule has 0 aromatic heterocycles. The smallest absolute Gasteiger partial charge is 0.170 e. The van der Waals surface area contributed by atoms with Crippen LogP contribution in [0.15, 0.2) is 22.2 Å². The zero-order chi connectivity index (χ0) is 13.1. The van der Waals surface area contributed by atoms with Crippen molar-refractivity contribution in [1.82, 2.24) is 0 Å². The summed E-state index contributed by atoms with van der Waals surface area (Å²) in [6.45, 7) is 0. The fourth-order valence-electron chi connectivity index (χ4n) is 2.05. The van der Waals surface area contributed by atoms with Gasteiger partial charge in [-0.3, -0.25) is 0 Å². The molecule has 1 aliphatic carbocycles. The molecule has 98 valence electrons. The lowest BCUT2D eigenvalue weighted by Crippen LogP contribution is -2.14. The topological polar surface area (TPSA) is 58.6 Å². The second-order valence-electron chi connectivity index (χ2n) is 4.28. The van der Waals surface area contributed by atoms with Crippen LogP contribution >= 0.6 is 11.8 Å². The largest absolute Gasteiger partial charge is 0.409 e. The Balaban J connectivity index is 2.26. The molecule has 0 heterocycles. The van der Waals surface area contributed by atoms with E-state index in [1.165, 1.54) is 11.8 Å². The number of hydrogen-bond acceptors (Lipinski definition) is 3. The van der Waals surface area contributed by atoms with E-state index in [4.69, 9.17) is 10.9 Å². The Morgan fingerprint density at radius 3 is 2.33 bits per heavy atom. The van der Waals surface area contributed by atoms with E-state index in [0.29, 0.717) is 0 Å². The summed E-state index contributed by atoms with van der Waals surface area (Å²) in [6.07, 6.45) is 4.21. The molecule has 0 aliphatic heterocycles. The van der Waals surface area contributed by atoms with E-state index >= 15 is 0 Å². The summed E-state index contributed by atoms with van der Waals surface area (Å²) in [6, 6.07) is 2.19. The first-order valence-electron chi connectivity index (χ1n) is 5.75. The van der Waals surface area contributed by atoms with Crippen LogP contribution in [0.3, 0.4) is 0 Å². The summed E-state index contributed by atoms with van der Waals surface area (Å²) < 4.78 is 27.6. The van der Waals surface area contributed by atoms with Crippen LogP contribution in [0, 0.1) is 11.6 Å². The van der Waals surface area contributed by atoms with Crippen LogP contribution in [0.1, 0.15) is 31.2 Å². The summed E-state index contributed by atoms with van der Waals surface area (Å²) in [7, 11) is 0. The second-order valence-corrected chi connectivity index (χ2v) is 5.59. The number of rotatable bonds is 3. The lowest BCUT2D eigenvalue weighted by atomic mass is 10.2. The predicted octanol–water partition coefficient (Wildman–Crippen LogP) is 3.09. The number of thioether (sulfide) groups is 1. The number of hydrogen-bond donors (Lipinski definition) is 2. The van der Waals surface area contributed by atoms with E-state index in [9.17, 15) is 8.78 Å². The summed E-state index contributed by atoms with van der Waals surface area (Å²) in [4.78, 5) is 0.0244. The Kier molecular flexibility index (Phi) is 4.06. The molecule has 0 saturated heterocycles. The van der Waals surface area contributed by atoms with Crippen molar-refractivity contribution >= 4 is 17.6 Å². The third-order valence-electron chi connectivity index (χ3n) is 2.99. The Labute approximate surface area is 108 Å². The zero-order valence-corrected chi connectivity index (χ0v) is 10.5. The SMILES string of the molecule is N/C(=N/O)c1cc(F)c(SC2CCCC2)c(F)c1. The quantitative estimate of drug-likeness (QED) is 0.385. The third-order valence-corrected chi connectivity index (χ3v) is 4.42. The first kappa shape index (κ1) is 13.1. The van der Waals surface area contributed by atoms with Gasteiger partial charge in [0.1, 0.15) is 11.6 Å². The van der Waals surface area contributed by atoms with Gasteiger partial charge in [-0.2, -0.15) is 0 Å². The van der Waals surface area contributed by atoms with Gasteiger partial charge in [0.05, 0.1) is 4.90 Å². The Bertz CT molecular complexity index is 450. The van der Waals surface area contributed by atoms with Crippen molar-refractivity contribution in [3.63, 3.8) is 0 Å². The van der Waals surface area contributed by atoms with Crippen LogP contribution in [0.5, 0.6) is 0 Å². The lowest BCUT2D eigenvalue weighted by Gasteiger charge is -2.11. The minimum Gasteiger partial charge on any atom is -0.409 e. The lowest BCUT2D eigenvalue weighted by molar-refractivity contribution is 0.318. The van der Waals surface area contributed by atoms with Gasteiger partial charge in [-0.1, -0.05) is 18.0 Å². The highest BCUT2D eigenvalue weighted by Crippen LogP contribution is 2.37. The fourth-order valence-corrected chi connectivity index (χ4v) is 3.30. The van der Waals surface area contributed by atoms with E-state index in [1.807, 2.05) is 0 Å². The maximum absolute atomic E-state index is 13.8. The molecule has 0 atom stereocenters. The molecule has 2 rings (SSSR count). The summed E-state index contributed by atoms with van der Waals surface area (Å²) in [5.41, 5.74) is 5.35. The molecule has 1 aromatic carbocycles. The monoisotopic (exact) mass is 272 g/mol. The van der Waals surface area contributed by atoms with Crippen LogP contribution < -0.4 is 5.73 Å². The molecule has 0 radical (unpaired) electrons. The predicted molar refractivity (Wildman–Crippen MR) is 67.0 cm³/mol. The number of amidine groups is 1. The van der Waals surface area contributed by atoms with E-state index in [2.05, 4.69) is 5.16 Å². The summed E-state index contributed by atoms with van der Waals surface area (Å²) in [5, 5.41) is 11.5. The average Bonchev–Trinajstić information content (AvgIpc) is 2.85. The molecule has 1 aromatic rings. The number of halogens is 2. The van der Waals surface area contributed by atoms with Crippen molar-refractivity contribution in [1.29, 1.82) is 0 Å². The van der Waals surface area contributed by atoms with Gasteiger partial charge >= 0.3 is 0 Å². The molecular weight excluding hydrogens is 258 g/mol. The van der Waals surface area contributed by atoms with Crippen molar-refractivity contribution in [3.05, 3.63) is 29.3 Å². The molecule has 6 heteroatoms. The molecule has 0 bridgehead atoms. The van der Waals surface area contributed by atoms with Crippen LogP contribution in [0.25, 0.3) is 0 Å². The van der Waals surface area contributed by atoms with E-state index in [-0.39, 0.29) is 21.5 Å². The van der Waals surface area contributed by atoms with Gasteiger partial charge < -0.3 is 10.9 Å². The second kappa shape index (κ2) is 5.56. The first-order valence-corrected chi connectivity index (χ1v) is 6.63. The summed E-state index contributed by atoms with van der Waals surface area (Å²) in [5.74, 6) is -1.62. The van der Waals surface area contributed by atoms with E-state index in [0.717, 1.165) is 37.8 Å². The van der Waals surface area contributed by atoms with Crippen molar-refractivity contribution in [2.75, 3.05) is 0 Å². The maximum atomic E-state index is 13.8. The van der Waals surface area contributed by atoms with Crippen LogP contribution in [0.2, 0.25) is 0 Å². The van der Waals surface area contributed by atoms with E-state index in [1.54, 1.807) is 0 Å². The summed E-state index contributed by atoms with van der Waals surface area (Å²) >= 11 is 1.24. The molecule has 18 heavy (non-hydrogen) atoms. The molecule has 0 spiro atoms. The molecular formula is C12H14F2N2OS. The van der Waals surface area contributed by atoms with Crippen molar-refractivity contribution in [3.8, 4) is 0 Å². The zero-order valence-electron chi connectivity index (χ0n) is 9.70. The highest BCUT2D eigenvalue weighted by atomic mass is 32.2. The molecule has 0 unspecified atom stereocenters. The molecule has 3 N–H and O–H groups in total. The normalized spacial score (nSPS) is 17.3. The van der Waals surface area contributed by atoms with Gasteiger partial charge in [-0.15, -0.1) is 11.8 Å². The van der Waals surface area contributed by atoms with E-state index < -0.39 is 11.6 Å². The van der Waals surface area contributed by atoms with Gasteiger partial charge in [0.15, 0.2) is 5.84 Å². The fraction of sp³-hybridized carbons (Fsp3) is 0.417. The first-order chi connectivity index (χ1) is 8.61. The van der Waals surface area contributed by atoms with Gasteiger partial charge in [0, 0.05) is 10.8 Å². The van der Waals surface area contributed by atoms with Crippen LogP contribution in [0.4, 0.5) is 8.78 Å². The number of nitrogens with two attached hydrogens (primary N) is 1. The Morgan fingerprint density at radius 1 is 1.28 bits per heavy atom. The van der Waals surface area contributed by atoms with Crippen LogP contribution in [-0.2, 0) is 0 Å². The van der Waals surface area contributed by atoms with Gasteiger partial charge in [0.2, 0.25) is 0 Å². The Morgan fingerprint density at radius 2 is 1.83 bits per heavy atom. The van der Waals surface area contributed by atoms with Gasteiger partial charge in [-0.05, 0) is 25.0 Å². The van der Waals surface area contributed by atoms with Gasteiger partial charge in [0.25, 0.3) is 0 Å². The highest BCUT2D eigenvalue weighted by Gasteiger charge is 2.21. The minimum atomic E-state index is -0.659. The number of benzene rings is 1. The molecule has 1 aliphatic rings. The highest BCUT2D eigenvalue weighted by molar-refractivity contribution is 8.00. The molecule has 1 fully saturated rings. The molecule has 0 amide bonds. The van der Waals surface area contributed by atoms with Gasteiger partial charge in [-0.25, -0.2) is 8.78 Å². The third kappa shape index (κ3) is 2.75. The number of nitrogens with zero attached hydrogens (tertiary/aromatic N) is 1. The average molecular weight is 272 g/mol. The standard InChI is InChI=1S/C12H14F2N2OS/c13-9-5-7(12(15)16-17)6-10(14)11(9)18-8-3-1-2-4-8/h5-6,8,17H,1-4H2,(H2,15,16). The minimum absolute atomic E-state index is 0.0244. The molecule has 3 nitrogen and oxygen atoms in total. The Hall–Kier alpha value is -1.30. The number of oxime groups is 1. The van der Waals surface area contributed by atoms with Crippen molar-refractivity contribution < 1.29 is 14.0 Å². The molecule has 1 saturated carbocycles. The van der Waals surface area contributed by atoms with Crippen molar-refractivity contribution in [2.45, 2.75) is 35.8 Å². The van der Waals surface area contributed by atoms with Crippen LogP contribution in [-0.4, -0.2) is 16.3 Å². The maximum Gasteiger partial charge on any atom is 0.170 e.